The standard InChI is InChI=1S/C27H30N4O3/c28-17-27(20-4-2-1-3-5-20)10-12-31(13-11-27)26(33)30-21-8-6-18(7-9-21)14-23(29)25(32)34-24-16-19-15-22(19)24/h1-9,19,22-24H,10-16,29H2,(H,30,33)/t19?,22-,23?,24-/m1/s1. The van der Waals surface area contributed by atoms with Gasteiger partial charge in [0.1, 0.15) is 12.1 Å². The van der Waals surface area contributed by atoms with Crippen molar-refractivity contribution in [2.24, 2.45) is 17.6 Å². The molecule has 2 amide bonds. The van der Waals surface area contributed by atoms with E-state index in [-0.39, 0.29) is 18.1 Å². The van der Waals surface area contributed by atoms with Crippen LogP contribution in [0.4, 0.5) is 10.5 Å². The topological polar surface area (TPSA) is 108 Å². The maximum atomic E-state index is 12.8. The maximum absolute atomic E-state index is 12.8. The van der Waals surface area contributed by atoms with E-state index in [1.807, 2.05) is 54.6 Å². The summed E-state index contributed by atoms with van der Waals surface area (Å²) in [6.07, 6.45) is 3.85. The van der Waals surface area contributed by atoms with Gasteiger partial charge in [-0.25, -0.2) is 4.79 Å². The van der Waals surface area contributed by atoms with Gasteiger partial charge in [0, 0.05) is 18.8 Å². The Morgan fingerprint density at radius 3 is 2.41 bits per heavy atom. The van der Waals surface area contributed by atoms with E-state index in [2.05, 4.69) is 11.4 Å². The largest absolute Gasteiger partial charge is 0.461 e. The summed E-state index contributed by atoms with van der Waals surface area (Å²) in [5.74, 6) is 1.02. The molecule has 3 fully saturated rings. The highest BCUT2D eigenvalue weighted by molar-refractivity contribution is 5.89. The van der Waals surface area contributed by atoms with Gasteiger partial charge in [0.25, 0.3) is 0 Å². The van der Waals surface area contributed by atoms with Crippen molar-refractivity contribution in [3.63, 3.8) is 0 Å². The fraction of sp³-hybridized carbons (Fsp3) is 0.444. The highest BCUT2D eigenvalue weighted by Crippen LogP contribution is 2.57. The number of nitrogens with one attached hydrogen (secondary N) is 1. The predicted octanol–water partition coefficient (Wildman–Crippen LogP) is 3.60. The molecule has 5 rings (SSSR count). The number of rotatable bonds is 6. The van der Waals surface area contributed by atoms with Crippen LogP contribution in [0.2, 0.25) is 0 Å². The number of nitrogens with zero attached hydrogens (tertiary/aromatic N) is 2. The number of anilines is 1. The molecule has 3 aliphatic rings. The number of nitrogens with two attached hydrogens (primary N) is 1. The second-order valence-electron chi connectivity index (χ2n) is 9.86. The van der Waals surface area contributed by atoms with Crippen molar-refractivity contribution in [2.45, 2.75) is 49.7 Å². The molecule has 0 bridgehead atoms. The summed E-state index contributed by atoms with van der Waals surface area (Å²) in [4.78, 5) is 26.8. The van der Waals surface area contributed by atoms with Crippen LogP contribution in [0.1, 0.15) is 36.8 Å². The maximum Gasteiger partial charge on any atom is 0.323 e. The molecule has 1 heterocycles. The lowest BCUT2D eigenvalue weighted by atomic mass is 9.74. The minimum Gasteiger partial charge on any atom is -0.461 e. The lowest BCUT2D eigenvalue weighted by Crippen LogP contribution is -2.46. The second kappa shape index (κ2) is 9.11. The predicted molar refractivity (Wildman–Crippen MR) is 128 cm³/mol. The number of piperidine rings is 1. The zero-order valence-electron chi connectivity index (χ0n) is 19.2. The van der Waals surface area contributed by atoms with Crippen molar-refractivity contribution < 1.29 is 14.3 Å². The highest BCUT2D eigenvalue weighted by atomic mass is 16.5. The fourth-order valence-corrected chi connectivity index (χ4v) is 5.22. The third-order valence-electron chi connectivity index (χ3n) is 7.67. The fourth-order valence-electron chi connectivity index (χ4n) is 5.22. The van der Waals surface area contributed by atoms with Gasteiger partial charge in [-0.05, 0) is 67.2 Å². The van der Waals surface area contributed by atoms with E-state index in [4.69, 9.17) is 10.5 Å². The number of esters is 1. The minimum atomic E-state index is -0.684. The van der Waals surface area contributed by atoms with Crippen LogP contribution in [0.3, 0.4) is 0 Å². The van der Waals surface area contributed by atoms with E-state index < -0.39 is 11.5 Å². The second-order valence-corrected chi connectivity index (χ2v) is 9.86. The van der Waals surface area contributed by atoms with Crippen LogP contribution in [0, 0.1) is 23.2 Å². The number of hydrogen-bond donors (Lipinski definition) is 2. The Morgan fingerprint density at radius 1 is 1.12 bits per heavy atom. The summed E-state index contributed by atoms with van der Waals surface area (Å²) in [6.45, 7) is 1.04. The highest BCUT2D eigenvalue weighted by Gasteiger charge is 2.55. The lowest BCUT2D eigenvalue weighted by Gasteiger charge is -2.37. The molecule has 0 aromatic heterocycles. The normalized spacial score (nSPS) is 25.2. The molecule has 2 unspecified atom stereocenters. The van der Waals surface area contributed by atoms with E-state index >= 15 is 0 Å². The van der Waals surface area contributed by atoms with Gasteiger partial charge < -0.3 is 20.7 Å². The molecule has 1 saturated heterocycles. The van der Waals surface area contributed by atoms with Gasteiger partial charge in [0.05, 0.1) is 11.5 Å². The average molecular weight is 459 g/mol. The molecule has 34 heavy (non-hydrogen) atoms. The molecule has 2 aliphatic carbocycles. The van der Waals surface area contributed by atoms with Crippen LogP contribution in [0.25, 0.3) is 0 Å². The zero-order chi connectivity index (χ0) is 23.7. The number of carbonyl (C=O) groups is 2. The lowest BCUT2D eigenvalue weighted by molar-refractivity contribution is -0.155. The molecule has 0 radical (unpaired) electrons. The summed E-state index contributed by atoms with van der Waals surface area (Å²) < 4.78 is 5.52. The first-order chi connectivity index (χ1) is 16.5. The number of amides is 2. The average Bonchev–Trinajstić information content (AvgIpc) is 3.54. The van der Waals surface area contributed by atoms with Gasteiger partial charge >= 0.3 is 12.0 Å². The molecule has 2 saturated carbocycles. The molecule has 7 nitrogen and oxygen atoms in total. The Labute approximate surface area is 199 Å². The number of nitriles is 1. The van der Waals surface area contributed by atoms with Gasteiger partial charge in [-0.15, -0.1) is 0 Å². The van der Waals surface area contributed by atoms with Crippen molar-refractivity contribution >= 4 is 17.7 Å². The summed E-state index contributed by atoms with van der Waals surface area (Å²) in [5, 5.41) is 12.8. The number of fused-ring (bicyclic) bond motifs is 1. The molecule has 4 atom stereocenters. The number of ether oxygens (including phenoxy) is 1. The monoisotopic (exact) mass is 458 g/mol. The molecule has 3 N–H and O–H groups in total. The van der Waals surface area contributed by atoms with Crippen molar-refractivity contribution in [3.8, 4) is 6.07 Å². The van der Waals surface area contributed by atoms with E-state index in [1.54, 1.807) is 4.90 Å². The molecular weight excluding hydrogens is 428 g/mol. The van der Waals surface area contributed by atoms with E-state index in [0.29, 0.717) is 44.0 Å². The third kappa shape index (κ3) is 4.51. The van der Waals surface area contributed by atoms with E-state index in [0.717, 1.165) is 23.5 Å². The summed E-state index contributed by atoms with van der Waals surface area (Å²) in [5.41, 5.74) is 8.12. The van der Waals surface area contributed by atoms with Gasteiger partial charge in [0.2, 0.25) is 0 Å². The van der Waals surface area contributed by atoms with Crippen LogP contribution in [0.5, 0.6) is 0 Å². The first-order valence-corrected chi connectivity index (χ1v) is 12.1. The van der Waals surface area contributed by atoms with Crippen molar-refractivity contribution in [2.75, 3.05) is 18.4 Å². The van der Waals surface area contributed by atoms with E-state index in [9.17, 15) is 14.9 Å². The Morgan fingerprint density at radius 2 is 1.82 bits per heavy atom. The van der Waals surface area contributed by atoms with Crippen LogP contribution >= 0.6 is 0 Å². The van der Waals surface area contributed by atoms with Crippen LogP contribution in [-0.2, 0) is 21.4 Å². The smallest absolute Gasteiger partial charge is 0.323 e. The number of benzene rings is 2. The number of urea groups is 1. The Balaban J connectivity index is 1.11. The molecule has 176 valence electrons. The van der Waals surface area contributed by atoms with Gasteiger partial charge in [-0.2, -0.15) is 5.26 Å². The molecule has 7 heteroatoms. The molecule has 1 aliphatic heterocycles. The molecular formula is C27H30N4O3. The van der Waals surface area contributed by atoms with Crippen LogP contribution in [0.15, 0.2) is 54.6 Å². The van der Waals surface area contributed by atoms with Gasteiger partial charge in [-0.1, -0.05) is 42.5 Å². The van der Waals surface area contributed by atoms with Gasteiger partial charge in [0.15, 0.2) is 0 Å². The third-order valence-corrected chi connectivity index (χ3v) is 7.67. The molecule has 0 spiro atoms. The number of likely N-dealkylation sites (tertiary alicyclic amines) is 1. The Kier molecular flexibility index (Phi) is 6.01. The minimum absolute atomic E-state index is 0.0712. The summed E-state index contributed by atoms with van der Waals surface area (Å²) in [6, 6.07) is 18.8. The molecule has 2 aromatic rings. The van der Waals surface area contributed by atoms with E-state index in [1.165, 1.54) is 6.42 Å². The van der Waals surface area contributed by atoms with Crippen LogP contribution < -0.4 is 11.1 Å². The molecule has 2 aromatic carbocycles. The summed E-state index contributed by atoms with van der Waals surface area (Å²) >= 11 is 0. The van der Waals surface area contributed by atoms with Crippen molar-refractivity contribution in [1.82, 2.24) is 4.90 Å². The zero-order valence-corrected chi connectivity index (χ0v) is 19.2. The van der Waals surface area contributed by atoms with Gasteiger partial charge in [-0.3, -0.25) is 4.79 Å². The summed E-state index contributed by atoms with van der Waals surface area (Å²) in [7, 11) is 0. The Bertz CT molecular complexity index is 1090. The number of carbonyl (C=O) groups excluding carboxylic acids is 2. The van der Waals surface area contributed by atoms with Crippen molar-refractivity contribution in [3.05, 3.63) is 65.7 Å². The number of hydrogen-bond acceptors (Lipinski definition) is 5. The Hall–Kier alpha value is -3.37. The first kappa shape index (κ1) is 22.4. The first-order valence-electron chi connectivity index (χ1n) is 12.1. The quantitative estimate of drug-likeness (QED) is 0.643. The van der Waals surface area contributed by atoms with Crippen LogP contribution in [-0.4, -0.2) is 42.1 Å². The van der Waals surface area contributed by atoms with Crippen molar-refractivity contribution in [1.29, 1.82) is 5.26 Å². The SMILES string of the molecule is N#CC1(c2ccccc2)CCN(C(=O)Nc2ccc(CC(N)C(=O)O[C@@H]3CC4C[C@H]43)cc2)CC1.